The van der Waals surface area contributed by atoms with Gasteiger partial charge in [-0.15, -0.1) is 0 Å². The van der Waals surface area contributed by atoms with Gasteiger partial charge in [0.15, 0.2) is 6.10 Å². The van der Waals surface area contributed by atoms with Gasteiger partial charge >= 0.3 is 0 Å². The first-order valence-corrected chi connectivity index (χ1v) is 8.86. The highest BCUT2D eigenvalue weighted by atomic mass is 35.5. The van der Waals surface area contributed by atoms with Crippen LogP contribution >= 0.6 is 23.2 Å². The predicted octanol–water partition coefficient (Wildman–Crippen LogP) is 3.87. The molecule has 0 fully saturated rings. The molecular weight excluding hydrogens is 391 g/mol. The second-order valence-corrected chi connectivity index (χ2v) is 6.68. The second kappa shape index (κ2) is 9.48. The maximum Gasteiger partial charge on any atom is 0.263 e. The maximum atomic E-state index is 12.4. The molecule has 8 heteroatoms. The van der Waals surface area contributed by atoms with E-state index in [1.807, 2.05) is 0 Å². The summed E-state index contributed by atoms with van der Waals surface area (Å²) in [5, 5.41) is 3.65. The first-order chi connectivity index (χ1) is 12.8. The summed E-state index contributed by atoms with van der Waals surface area (Å²) in [5.74, 6) is 0.216. The molecule has 0 saturated heterocycles. The number of nitrogens with one attached hydrogen (secondary N) is 1. The molecule has 144 valence electrons. The summed E-state index contributed by atoms with van der Waals surface area (Å²) in [6, 6.07) is 11.6. The lowest BCUT2D eigenvalue weighted by Crippen LogP contribution is -2.42. The molecule has 0 aliphatic carbocycles. The fraction of sp³-hybridized carbons (Fsp3) is 0.263. The van der Waals surface area contributed by atoms with E-state index in [0.29, 0.717) is 27.2 Å². The Kier molecular flexibility index (Phi) is 7.33. The minimum absolute atomic E-state index is 0.155. The molecule has 2 amide bonds. The van der Waals surface area contributed by atoms with Crippen LogP contribution in [0.4, 0.5) is 5.69 Å². The number of amides is 2. The zero-order valence-electron chi connectivity index (χ0n) is 15.2. The van der Waals surface area contributed by atoms with Crippen LogP contribution in [0.5, 0.6) is 11.5 Å². The van der Waals surface area contributed by atoms with Crippen molar-refractivity contribution in [2.24, 2.45) is 0 Å². The zero-order valence-corrected chi connectivity index (χ0v) is 16.7. The monoisotopic (exact) mass is 410 g/mol. The van der Waals surface area contributed by atoms with Crippen molar-refractivity contribution < 1.29 is 19.1 Å². The molecule has 0 heterocycles. The van der Waals surface area contributed by atoms with E-state index < -0.39 is 6.10 Å². The van der Waals surface area contributed by atoms with E-state index in [1.165, 1.54) is 19.1 Å². The molecule has 0 bridgehead atoms. The Balaban J connectivity index is 1.95. The van der Waals surface area contributed by atoms with Crippen molar-refractivity contribution in [3.05, 3.63) is 52.5 Å². The Labute approximate surface area is 168 Å². The maximum absolute atomic E-state index is 12.4. The number of carbonyl (C=O) groups excluding carboxylic acids is 2. The number of anilines is 1. The lowest BCUT2D eigenvalue weighted by atomic mass is 10.3. The van der Waals surface area contributed by atoms with Crippen molar-refractivity contribution in [1.29, 1.82) is 0 Å². The van der Waals surface area contributed by atoms with E-state index in [1.54, 1.807) is 49.4 Å². The third-order valence-corrected chi connectivity index (χ3v) is 4.12. The van der Waals surface area contributed by atoms with Crippen LogP contribution in [0, 0.1) is 0 Å². The number of hydrogen-bond acceptors (Lipinski definition) is 4. The lowest BCUT2D eigenvalue weighted by molar-refractivity contribution is -0.139. The summed E-state index contributed by atoms with van der Waals surface area (Å²) < 4.78 is 10.8. The third kappa shape index (κ3) is 6.05. The largest absolute Gasteiger partial charge is 0.495 e. The molecule has 2 rings (SSSR count). The third-order valence-electron chi connectivity index (χ3n) is 3.65. The molecule has 27 heavy (non-hydrogen) atoms. The average molecular weight is 411 g/mol. The van der Waals surface area contributed by atoms with Crippen LogP contribution in [0.3, 0.4) is 0 Å². The number of carbonyl (C=O) groups is 2. The van der Waals surface area contributed by atoms with E-state index in [0.717, 1.165) is 0 Å². The van der Waals surface area contributed by atoms with Gasteiger partial charge in [-0.3, -0.25) is 9.59 Å². The van der Waals surface area contributed by atoms with Gasteiger partial charge < -0.3 is 19.7 Å². The van der Waals surface area contributed by atoms with Gasteiger partial charge in [0.25, 0.3) is 5.91 Å². The quantitative estimate of drug-likeness (QED) is 0.751. The molecule has 6 nitrogen and oxygen atoms in total. The van der Waals surface area contributed by atoms with Crippen LogP contribution in [0.25, 0.3) is 0 Å². The van der Waals surface area contributed by atoms with Crippen molar-refractivity contribution in [3.8, 4) is 11.5 Å². The molecule has 0 spiro atoms. The number of likely N-dealkylation sites (N-methyl/N-ethyl adjacent to an activating group) is 1. The molecule has 2 aromatic carbocycles. The molecule has 1 N–H and O–H groups in total. The fourth-order valence-corrected chi connectivity index (χ4v) is 2.72. The number of halogens is 2. The van der Waals surface area contributed by atoms with Gasteiger partial charge in [-0.2, -0.15) is 0 Å². The molecule has 1 unspecified atom stereocenters. The summed E-state index contributed by atoms with van der Waals surface area (Å²) in [6.45, 7) is 1.45. The van der Waals surface area contributed by atoms with Gasteiger partial charge in [0.1, 0.15) is 11.5 Å². The number of methoxy groups -OCH3 is 1. The topological polar surface area (TPSA) is 67.9 Å². The highest BCUT2D eigenvalue weighted by molar-refractivity contribution is 6.31. The molecule has 0 aromatic heterocycles. The molecule has 1 atom stereocenters. The van der Waals surface area contributed by atoms with Gasteiger partial charge in [-0.25, -0.2) is 0 Å². The van der Waals surface area contributed by atoms with E-state index in [4.69, 9.17) is 32.7 Å². The Hall–Kier alpha value is -2.44. The normalized spacial score (nSPS) is 11.4. The minimum Gasteiger partial charge on any atom is -0.495 e. The average Bonchev–Trinajstić information content (AvgIpc) is 2.61. The lowest BCUT2D eigenvalue weighted by Gasteiger charge is -2.22. The van der Waals surface area contributed by atoms with Crippen molar-refractivity contribution in [1.82, 2.24) is 4.90 Å². The highest BCUT2D eigenvalue weighted by Gasteiger charge is 2.21. The summed E-state index contributed by atoms with van der Waals surface area (Å²) >= 11 is 11.8. The van der Waals surface area contributed by atoms with Gasteiger partial charge in [0, 0.05) is 17.1 Å². The standard InChI is InChI=1S/C19H20Cl2N2O4/c1-12(27-15-6-4-5-13(20)9-15)19(25)23(2)11-18(24)22-16-10-14(21)7-8-17(16)26-3/h4-10,12H,11H2,1-3H3,(H,22,24). The van der Waals surface area contributed by atoms with Crippen molar-refractivity contribution >= 4 is 40.7 Å². The van der Waals surface area contributed by atoms with Gasteiger partial charge in [0.2, 0.25) is 5.91 Å². The van der Waals surface area contributed by atoms with E-state index in [2.05, 4.69) is 5.32 Å². The molecular formula is C19H20Cl2N2O4. The summed E-state index contributed by atoms with van der Waals surface area (Å²) in [4.78, 5) is 26.0. The van der Waals surface area contributed by atoms with Gasteiger partial charge in [-0.05, 0) is 43.3 Å². The van der Waals surface area contributed by atoms with E-state index in [9.17, 15) is 9.59 Å². The molecule has 2 aromatic rings. The van der Waals surface area contributed by atoms with Gasteiger partial charge in [0.05, 0.1) is 19.3 Å². The number of hydrogen-bond donors (Lipinski definition) is 1. The summed E-state index contributed by atoms with van der Waals surface area (Å²) in [6.07, 6.45) is -0.776. The van der Waals surface area contributed by atoms with Crippen LogP contribution in [0.1, 0.15) is 6.92 Å². The summed E-state index contributed by atoms with van der Waals surface area (Å²) in [5.41, 5.74) is 0.430. The van der Waals surface area contributed by atoms with Crippen LogP contribution in [-0.2, 0) is 9.59 Å². The fourth-order valence-electron chi connectivity index (χ4n) is 2.37. The van der Waals surface area contributed by atoms with Crippen molar-refractivity contribution in [2.75, 3.05) is 26.0 Å². The predicted molar refractivity (Wildman–Crippen MR) is 106 cm³/mol. The SMILES string of the molecule is COc1ccc(Cl)cc1NC(=O)CN(C)C(=O)C(C)Oc1cccc(Cl)c1. The molecule has 0 aliphatic rings. The number of ether oxygens (including phenoxy) is 2. The molecule has 0 saturated carbocycles. The second-order valence-electron chi connectivity index (χ2n) is 5.80. The van der Waals surface area contributed by atoms with Crippen molar-refractivity contribution in [2.45, 2.75) is 13.0 Å². The Bertz CT molecular complexity index is 829. The van der Waals surface area contributed by atoms with E-state index >= 15 is 0 Å². The first-order valence-electron chi connectivity index (χ1n) is 8.10. The molecule has 0 radical (unpaired) electrons. The Morgan fingerprint density at radius 3 is 2.52 bits per heavy atom. The Morgan fingerprint density at radius 1 is 1.15 bits per heavy atom. The summed E-state index contributed by atoms with van der Waals surface area (Å²) in [7, 11) is 3.01. The van der Waals surface area contributed by atoms with Crippen LogP contribution in [0.15, 0.2) is 42.5 Å². The van der Waals surface area contributed by atoms with Crippen LogP contribution < -0.4 is 14.8 Å². The smallest absolute Gasteiger partial charge is 0.263 e. The minimum atomic E-state index is -0.776. The van der Waals surface area contributed by atoms with Crippen molar-refractivity contribution in [3.63, 3.8) is 0 Å². The van der Waals surface area contributed by atoms with Crippen LogP contribution in [0.2, 0.25) is 10.0 Å². The van der Waals surface area contributed by atoms with Crippen LogP contribution in [-0.4, -0.2) is 43.5 Å². The molecule has 0 aliphatic heterocycles. The highest BCUT2D eigenvalue weighted by Crippen LogP contribution is 2.27. The number of nitrogens with zero attached hydrogens (tertiary/aromatic N) is 1. The van der Waals surface area contributed by atoms with Gasteiger partial charge in [-0.1, -0.05) is 29.3 Å². The van der Waals surface area contributed by atoms with E-state index in [-0.39, 0.29) is 18.4 Å². The number of rotatable bonds is 7. The number of benzene rings is 2. The Morgan fingerprint density at radius 2 is 1.85 bits per heavy atom. The zero-order chi connectivity index (χ0) is 20.0. The first kappa shape index (κ1) is 20.9.